The van der Waals surface area contributed by atoms with Crippen molar-refractivity contribution >= 4 is 45.2 Å². The van der Waals surface area contributed by atoms with Crippen LogP contribution in [0.15, 0.2) is 24.5 Å². The number of aromatic amines is 1. The lowest BCUT2D eigenvalue weighted by molar-refractivity contribution is 0.273. The molecule has 0 unspecified atom stereocenters. The number of thioether (sulfide) groups is 1. The molecule has 4 rings (SSSR count). The minimum atomic E-state index is 0.931. The van der Waals surface area contributed by atoms with E-state index in [1.165, 1.54) is 28.8 Å². The van der Waals surface area contributed by atoms with Gasteiger partial charge in [-0.3, -0.25) is 4.90 Å². The quantitative estimate of drug-likeness (QED) is 0.745. The summed E-state index contributed by atoms with van der Waals surface area (Å²) in [6.07, 6.45) is 5.95. The van der Waals surface area contributed by atoms with E-state index in [4.69, 9.17) is 4.98 Å². The molecule has 0 saturated carbocycles. The van der Waals surface area contributed by atoms with Gasteiger partial charge < -0.3 is 14.8 Å². The van der Waals surface area contributed by atoms with Crippen molar-refractivity contribution < 1.29 is 0 Å². The van der Waals surface area contributed by atoms with Gasteiger partial charge in [0.05, 0.1) is 17.4 Å². The second-order valence-electron chi connectivity index (χ2n) is 6.96. The summed E-state index contributed by atoms with van der Waals surface area (Å²) in [6.45, 7) is 5.44. The molecular weight excluding hydrogens is 344 g/mol. The van der Waals surface area contributed by atoms with Crippen LogP contribution in [0.3, 0.4) is 0 Å². The zero-order chi connectivity index (χ0) is 18.1. The summed E-state index contributed by atoms with van der Waals surface area (Å²) in [5.74, 6) is 2.23. The van der Waals surface area contributed by atoms with Crippen LogP contribution in [0.25, 0.3) is 21.9 Å². The number of fused-ring (bicyclic) bond motifs is 3. The Balaban J connectivity index is 1.76. The summed E-state index contributed by atoms with van der Waals surface area (Å²) < 4.78 is 0. The van der Waals surface area contributed by atoms with Gasteiger partial charge in [-0.15, -0.1) is 0 Å². The maximum Gasteiger partial charge on any atom is 0.152 e. The van der Waals surface area contributed by atoms with Crippen molar-refractivity contribution in [3.8, 4) is 0 Å². The SMILES string of the molecule is CSCCN1CCN(c2c(N(C)C)ncc3[nH]c4ncccc4c23)CC1. The molecule has 138 valence electrons. The number of anilines is 2. The zero-order valence-corrected chi connectivity index (χ0v) is 16.5. The number of aromatic nitrogens is 3. The number of hydrogen-bond acceptors (Lipinski definition) is 6. The molecule has 0 bridgehead atoms. The minimum absolute atomic E-state index is 0.931. The van der Waals surface area contributed by atoms with E-state index in [0.717, 1.165) is 43.2 Å². The first-order chi connectivity index (χ1) is 12.7. The molecule has 1 aliphatic heterocycles. The Labute approximate surface area is 158 Å². The third kappa shape index (κ3) is 3.10. The second kappa shape index (κ2) is 7.32. The highest BCUT2D eigenvalue weighted by atomic mass is 32.2. The van der Waals surface area contributed by atoms with Crippen LogP contribution >= 0.6 is 11.8 Å². The van der Waals surface area contributed by atoms with Crippen molar-refractivity contribution in [2.75, 3.05) is 68.6 Å². The topological polar surface area (TPSA) is 51.3 Å². The van der Waals surface area contributed by atoms with E-state index < -0.39 is 0 Å². The van der Waals surface area contributed by atoms with Crippen LogP contribution in [0.2, 0.25) is 0 Å². The Kier molecular flexibility index (Phi) is 4.91. The molecule has 0 aromatic carbocycles. The maximum atomic E-state index is 4.75. The van der Waals surface area contributed by atoms with Gasteiger partial charge in [-0.1, -0.05) is 0 Å². The van der Waals surface area contributed by atoms with Crippen molar-refractivity contribution in [2.24, 2.45) is 0 Å². The Morgan fingerprint density at radius 3 is 2.73 bits per heavy atom. The third-order valence-electron chi connectivity index (χ3n) is 5.09. The van der Waals surface area contributed by atoms with E-state index in [1.54, 1.807) is 0 Å². The summed E-state index contributed by atoms with van der Waals surface area (Å²) >= 11 is 1.92. The van der Waals surface area contributed by atoms with Crippen molar-refractivity contribution in [1.29, 1.82) is 0 Å². The highest BCUT2D eigenvalue weighted by Gasteiger charge is 2.24. The fourth-order valence-electron chi connectivity index (χ4n) is 3.73. The van der Waals surface area contributed by atoms with E-state index in [-0.39, 0.29) is 0 Å². The molecule has 6 nitrogen and oxygen atoms in total. The smallest absolute Gasteiger partial charge is 0.152 e. The predicted molar refractivity (Wildman–Crippen MR) is 113 cm³/mol. The lowest BCUT2D eigenvalue weighted by Crippen LogP contribution is -2.47. The summed E-state index contributed by atoms with van der Waals surface area (Å²) in [5, 5.41) is 2.41. The molecule has 1 N–H and O–H groups in total. The van der Waals surface area contributed by atoms with Gasteiger partial charge in [0.25, 0.3) is 0 Å². The largest absolute Gasteiger partial charge is 0.365 e. The van der Waals surface area contributed by atoms with Crippen molar-refractivity contribution in [2.45, 2.75) is 0 Å². The van der Waals surface area contributed by atoms with Crippen molar-refractivity contribution in [3.05, 3.63) is 24.5 Å². The van der Waals surface area contributed by atoms with Crippen LogP contribution in [0.1, 0.15) is 0 Å². The molecule has 0 aliphatic carbocycles. The second-order valence-corrected chi connectivity index (χ2v) is 7.95. The van der Waals surface area contributed by atoms with E-state index >= 15 is 0 Å². The summed E-state index contributed by atoms with van der Waals surface area (Å²) in [5.41, 5.74) is 3.22. The predicted octanol–water partition coefficient (Wildman–Crippen LogP) is 2.66. The van der Waals surface area contributed by atoms with E-state index in [9.17, 15) is 0 Å². The van der Waals surface area contributed by atoms with Gasteiger partial charge in [0.15, 0.2) is 5.82 Å². The molecule has 0 amide bonds. The maximum absolute atomic E-state index is 4.75. The van der Waals surface area contributed by atoms with Crippen LogP contribution in [0.5, 0.6) is 0 Å². The molecule has 3 aromatic rings. The molecule has 1 fully saturated rings. The van der Waals surface area contributed by atoms with Crippen LogP contribution in [0, 0.1) is 0 Å². The molecule has 3 aromatic heterocycles. The number of pyridine rings is 2. The van der Waals surface area contributed by atoms with Gasteiger partial charge in [-0.05, 0) is 18.4 Å². The minimum Gasteiger partial charge on any atom is -0.365 e. The van der Waals surface area contributed by atoms with Crippen LogP contribution in [-0.4, -0.2) is 78.7 Å². The average Bonchev–Trinajstić information content (AvgIpc) is 3.04. The van der Waals surface area contributed by atoms with Gasteiger partial charge in [-0.25, -0.2) is 9.97 Å². The molecule has 0 spiro atoms. The van der Waals surface area contributed by atoms with E-state index in [0.29, 0.717) is 0 Å². The monoisotopic (exact) mass is 370 g/mol. The lowest BCUT2D eigenvalue weighted by atomic mass is 10.1. The van der Waals surface area contributed by atoms with Crippen LogP contribution < -0.4 is 9.80 Å². The molecule has 0 atom stereocenters. The molecule has 7 heteroatoms. The van der Waals surface area contributed by atoms with Gasteiger partial charge in [0, 0.05) is 69.5 Å². The standard InChI is InChI=1S/C19H26N6S/c1-23(2)19-17(25-9-7-24(8-10-25)11-12-26-3)16-14-5-4-6-20-18(14)22-15(16)13-21-19/h4-6,13H,7-12H2,1-3H3,(H,20,22). The van der Waals surface area contributed by atoms with Gasteiger partial charge in [0.2, 0.25) is 0 Å². The zero-order valence-electron chi connectivity index (χ0n) is 15.7. The molecule has 1 saturated heterocycles. The normalized spacial score (nSPS) is 15.9. The number of hydrogen-bond donors (Lipinski definition) is 1. The number of nitrogens with zero attached hydrogens (tertiary/aromatic N) is 5. The molecule has 4 heterocycles. The Hall–Kier alpha value is -1.99. The summed E-state index contributed by atoms with van der Waals surface area (Å²) in [6, 6.07) is 4.16. The highest BCUT2D eigenvalue weighted by Crippen LogP contribution is 2.38. The van der Waals surface area contributed by atoms with Crippen molar-refractivity contribution in [1.82, 2.24) is 19.9 Å². The molecular formula is C19H26N6S. The number of rotatable bonds is 5. The Morgan fingerprint density at radius 2 is 2.00 bits per heavy atom. The van der Waals surface area contributed by atoms with Gasteiger partial charge in [0.1, 0.15) is 5.65 Å². The number of H-pyrrole nitrogens is 1. The summed E-state index contributed by atoms with van der Waals surface area (Å²) in [7, 11) is 4.14. The fraction of sp³-hybridized carbons (Fsp3) is 0.474. The molecule has 26 heavy (non-hydrogen) atoms. The highest BCUT2D eigenvalue weighted by molar-refractivity contribution is 7.98. The first kappa shape index (κ1) is 17.4. The van der Waals surface area contributed by atoms with E-state index in [1.807, 2.05) is 30.2 Å². The van der Waals surface area contributed by atoms with E-state index in [2.05, 4.69) is 51.1 Å². The first-order valence-corrected chi connectivity index (χ1v) is 10.5. The van der Waals surface area contributed by atoms with Crippen molar-refractivity contribution in [3.63, 3.8) is 0 Å². The molecule has 1 aliphatic rings. The third-order valence-corrected chi connectivity index (χ3v) is 5.68. The fourth-order valence-corrected chi connectivity index (χ4v) is 4.18. The van der Waals surface area contributed by atoms with Crippen LogP contribution in [-0.2, 0) is 0 Å². The number of piperazine rings is 1. The Bertz CT molecular complexity index is 898. The molecule has 0 radical (unpaired) electrons. The van der Waals surface area contributed by atoms with Gasteiger partial charge >= 0.3 is 0 Å². The summed E-state index contributed by atoms with van der Waals surface area (Å²) in [4.78, 5) is 19.9. The Morgan fingerprint density at radius 1 is 1.19 bits per heavy atom. The number of nitrogens with one attached hydrogen (secondary N) is 1. The average molecular weight is 371 g/mol. The van der Waals surface area contributed by atoms with Gasteiger partial charge in [-0.2, -0.15) is 11.8 Å². The first-order valence-electron chi connectivity index (χ1n) is 9.08. The van der Waals surface area contributed by atoms with Crippen LogP contribution in [0.4, 0.5) is 11.5 Å². The lowest BCUT2D eigenvalue weighted by Gasteiger charge is -2.37.